The lowest BCUT2D eigenvalue weighted by Gasteiger charge is -2.46. The minimum atomic E-state index is -2.55. The average molecular weight is 540 g/mol. The Morgan fingerprint density at radius 1 is 1.15 bits per heavy atom. The zero-order chi connectivity index (χ0) is 28.2. The number of fused-ring (bicyclic) bond motifs is 3. The Kier molecular flexibility index (Phi) is 6.97. The van der Waals surface area contributed by atoms with E-state index in [1.54, 1.807) is 0 Å². The molecule has 3 aliphatic carbocycles. The number of aliphatic hydroxyl groups excluding tert-OH is 2. The zero-order valence-corrected chi connectivity index (χ0v) is 22.4. The third-order valence-electron chi connectivity index (χ3n) is 9.11. The Morgan fingerprint density at radius 3 is 2.49 bits per heavy atom. The van der Waals surface area contributed by atoms with Crippen molar-refractivity contribution in [1.82, 2.24) is 4.90 Å². The molecular formula is C29H37N3O7. The van der Waals surface area contributed by atoms with Gasteiger partial charge in [-0.1, -0.05) is 19.4 Å². The lowest BCUT2D eigenvalue weighted by molar-refractivity contribution is -0.147. The van der Waals surface area contributed by atoms with Crippen molar-refractivity contribution >= 4 is 28.9 Å². The van der Waals surface area contributed by atoms with Crippen LogP contribution < -0.4 is 10.6 Å². The van der Waals surface area contributed by atoms with Gasteiger partial charge in [-0.15, -0.1) is 0 Å². The summed E-state index contributed by atoms with van der Waals surface area (Å²) in [5, 5.41) is 45.2. The highest BCUT2D eigenvalue weighted by Crippen LogP contribution is 2.53. The van der Waals surface area contributed by atoms with Crippen LogP contribution in [0.3, 0.4) is 0 Å². The number of nitrogens with two attached hydrogens (primary N) is 1. The van der Waals surface area contributed by atoms with Gasteiger partial charge in [0, 0.05) is 30.5 Å². The van der Waals surface area contributed by atoms with Gasteiger partial charge in [0.1, 0.15) is 22.8 Å². The van der Waals surface area contributed by atoms with Gasteiger partial charge in [-0.3, -0.25) is 14.4 Å². The number of carbonyl (C=O) groups excluding carboxylic acids is 3. The van der Waals surface area contributed by atoms with Crippen LogP contribution in [0, 0.1) is 11.8 Å². The Labute approximate surface area is 227 Å². The molecule has 1 saturated carbocycles. The summed E-state index contributed by atoms with van der Waals surface area (Å²) in [5.41, 5.74) is 3.21. The van der Waals surface area contributed by atoms with Gasteiger partial charge < -0.3 is 36.0 Å². The van der Waals surface area contributed by atoms with Gasteiger partial charge in [-0.25, -0.2) is 0 Å². The van der Waals surface area contributed by atoms with Gasteiger partial charge in [-0.05, 0) is 69.8 Å². The fourth-order valence-corrected chi connectivity index (χ4v) is 6.95. The molecule has 0 spiro atoms. The Bertz CT molecular complexity index is 1290. The van der Waals surface area contributed by atoms with E-state index in [-0.39, 0.29) is 35.8 Å². The van der Waals surface area contributed by atoms with Crippen LogP contribution in [-0.4, -0.2) is 81.1 Å². The summed E-state index contributed by atoms with van der Waals surface area (Å²) in [6, 6.07) is 3.96. The second-order valence-electron chi connectivity index (χ2n) is 11.5. The van der Waals surface area contributed by atoms with Crippen molar-refractivity contribution in [3.05, 3.63) is 40.2 Å². The van der Waals surface area contributed by atoms with Crippen molar-refractivity contribution in [2.45, 2.75) is 63.5 Å². The molecule has 2 fully saturated rings. The number of amides is 1. The maximum absolute atomic E-state index is 13.7. The van der Waals surface area contributed by atoms with E-state index in [1.807, 2.05) is 12.1 Å². The first-order valence-electron chi connectivity index (χ1n) is 13.8. The fourth-order valence-electron chi connectivity index (χ4n) is 6.95. The number of anilines is 1. The van der Waals surface area contributed by atoms with Crippen LogP contribution >= 0.6 is 0 Å². The van der Waals surface area contributed by atoms with E-state index >= 15 is 0 Å². The number of piperidine rings is 1. The van der Waals surface area contributed by atoms with Crippen molar-refractivity contribution in [2.24, 2.45) is 17.6 Å². The first kappa shape index (κ1) is 27.2. The minimum Gasteiger partial charge on any atom is -0.508 e. The molecule has 0 bridgehead atoms. The summed E-state index contributed by atoms with van der Waals surface area (Å²) in [6.07, 6.45) is 3.89. The number of phenolic OH excluding ortho intramolecular Hbond substituents is 1. The number of ketones is 2. The van der Waals surface area contributed by atoms with Gasteiger partial charge in [0.2, 0.25) is 5.78 Å². The van der Waals surface area contributed by atoms with Gasteiger partial charge in [0.15, 0.2) is 11.4 Å². The molecule has 1 saturated heterocycles. The number of unbranched alkanes of at least 4 members (excludes halogenated alkanes) is 1. The Hall–Kier alpha value is -3.37. The number of hydrogen-bond acceptors (Lipinski definition) is 9. The lowest BCUT2D eigenvalue weighted by atomic mass is 9.59. The maximum Gasteiger partial charge on any atom is 0.255 e. The molecule has 0 aromatic heterocycles. The number of Topliss-reactive ketones (excluding diaryl/α,β-unsaturated/α-hetero) is 2. The molecule has 1 amide bonds. The number of nitrogens with zero attached hydrogens (tertiary/aromatic N) is 2. The second kappa shape index (κ2) is 9.98. The van der Waals surface area contributed by atoms with Crippen LogP contribution in [0.1, 0.15) is 56.6 Å². The number of carbonyl (C=O) groups is 3. The largest absolute Gasteiger partial charge is 0.508 e. The van der Waals surface area contributed by atoms with Gasteiger partial charge in [0.25, 0.3) is 5.91 Å². The van der Waals surface area contributed by atoms with Crippen molar-refractivity contribution in [2.75, 3.05) is 31.6 Å². The summed E-state index contributed by atoms with van der Waals surface area (Å²) in [5.74, 6) is -6.04. The summed E-state index contributed by atoms with van der Waals surface area (Å²) >= 11 is 0. The second-order valence-corrected chi connectivity index (χ2v) is 11.5. The molecule has 1 aromatic carbocycles. The highest BCUT2D eigenvalue weighted by atomic mass is 16.3. The van der Waals surface area contributed by atoms with Gasteiger partial charge >= 0.3 is 0 Å². The predicted octanol–water partition coefficient (Wildman–Crippen LogP) is 2.12. The number of aliphatic hydroxyl groups is 3. The number of primary amides is 1. The predicted molar refractivity (Wildman–Crippen MR) is 144 cm³/mol. The number of likely N-dealkylation sites (tertiary alicyclic amines) is 1. The van der Waals surface area contributed by atoms with Crippen molar-refractivity contribution in [1.29, 1.82) is 0 Å². The molecule has 3 atom stereocenters. The fraction of sp³-hybridized carbons (Fsp3) is 0.552. The van der Waals surface area contributed by atoms with E-state index in [0.717, 1.165) is 45.3 Å². The molecule has 10 nitrogen and oxygen atoms in total. The molecule has 10 heteroatoms. The van der Waals surface area contributed by atoms with Crippen LogP contribution in [0.15, 0.2) is 29.0 Å². The Balaban J connectivity index is 1.59. The minimum absolute atomic E-state index is 0.113. The van der Waals surface area contributed by atoms with Crippen molar-refractivity contribution in [3.8, 4) is 5.75 Å². The summed E-state index contributed by atoms with van der Waals surface area (Å²) < 4.78 is 0. The quantitative estimate of drug-likeness (QED) is 0.341. The van der Waals surface area contributed by atoms with E-state index in [0.29, 0.717) is 17.7 Å². The molecule has 0 unspecified atom stereocenters. The highest BCUT2D eigenvalue weighted by Gasteiger charge is 2.60. The van der Waals surface area contributed by atoms with Crippen LogP contribution in [0.5, 0.6) is 5.75 Å². The number of benzene rings is 1. The monoisotopic (exact) mass is 539 g/mol. The molecule has 5 rings (SSSR count). The van der Waals surface area contributed by atoms with E-state index in [2.05, 4.69) is 23.8 Å². The van der Waals surface area contributed by atoms with Crippen molar-refractivity contribution in [3.63, 3.8) is 0 Å². The average Bonchev–Trinajstić information content (AvgIpc) is 2.88. The molecule has 1 heterocycles. The van der Waals surface area contributed by atoms with Crippen molar-refractivity contribution < 1.29 is 34.8 Å². The van der Waals surface area contributed by atoms with Crippen LogP contribution in [-0.2, 0) is 20.8 Å². The number of phenols is 1. The third-order valence-corrected chi connectivity index (χ3v) is 9.11. The van der Waals surface area contributed by atoms with E-state index in [4.69, 9.17) is 5.73 Å². The van der Waals surface area contributed by atoms with Crippen LogP contribution in [0.2, 0.25) is 0 Å². The number of aromatic hydroxyl groups is 1. The first-order chi connectivity index (χ1) is 18.5. The SMILES string of the molecule is CCCCN(c1ccc2c(c1O)C(O)=C1C(=O)[C@]3(O)C(O)=C(C(N)=O)C(=O)C[C@@H]3C[C@@H]1C2)C1CCN(C)CC1. The molecule has 6 N–H and O–H groups in total. The van der Waals surface area contributed by atoms with Crippen LogP contribution in [0.25, 0.3) is 5.76 Å². The number of hydrogen-bond donors (Lipinski definition) is 5. The maximum atomic E-state index is 13.7. The van der Waals surface area contributed by atoms with E-state index < -0.39 is 52.0 Å². The third kappa shape index (κ3) is 4.21. The summed E-state index contributed by atoms with van der Waals surface area (Å²) in [4.78, 5) is 42.6. The molecule has 1 aliphatic heterocycles. The summed E-state index contributed by atoms with van der Waals surface area (Å²) in [6.45, 7) is 4.73. The normalized spacial score (nSPS) is 27.8. The molecule has 4 aliphatic rings. The van der Waals surface area contributed by atoms with Crippen LogP contribution in [0.4, 0.5) is 5.69 Å². The Morgan fingerprint density at radius 2 is 1.85 bits per heavy atom. The van der Waals surface area contributed by atoms with Gasteiger partial charge in [-0.2, -0.15) is 0 Å². The standard InChI is InChI=1S/C29H37N3O7/c1-3-4-9-32(18-7-10-31(2)11-8-18)19-6-5-15-12-16-13-17-14-20(33)23(28(30)38)27(37)29(17,39)26(36)22(16)25(35)21(15)24(19)34/h5-6,16-18,34-35,37,39H,3-4,7-14H2,1-2H3,(H2,30,38)/t16-,17-,29-/m0/s1. The van der Waals surface area contributed by atoms with Gasteiger partial charge in [0.05, 0.1) is 11.3 Å². The molecule has 1 aromatic rings. The lowest BCUT2D eigenvalue weighted by Crippen LogP contribution is -2.58. The van der Waals surface area contributed by atoms with E-state index in [9.17, 15) is 34.8 Å². The summed E-state index contributed by atoms with van der Waals surface area (Å²) in [7, 11) is 2.09. The molecule has 39 heavy (non-hydrogen) atoms. The topological polar surface area (TPSA) is 165 Å². The molecule has 0 radical (unpaired) electrons. The smallest absolute Gasteiger partial charge is 0.255 e. The van der Waals surface area contributed by atoms with E-state index in [1.165, 1.54) is 0 Å². The molecular weight excluding hydrogens is 502 g/mol. The zero-order valence-electron chi connectivity index (χ0n) is 22.4. The first-order valence-corrected chi connectivity index (χ1v) is 13.8. The number of rotatable bonds is 6. The molecule has 210 valence electrons. The highest BCUT2D eigenvalue weighted by molar-refractivity contribution is 6.22.